The Bertz CT molecular complexity index is 697. The summed E-state index contributed by atoms with van der Waals surface area (Å²) in [6.45, 7) is 3.24. The van der Waals surface area contributed by atoms with Crippen LogP contribution in [0.1, 0.15) is 49.1 Å². The van der Waals surface area contributed by atoms with E-state index in [1.165, 1.54) is 67.5 Å². The van der Waals surface area contributed by atoms with Crippen LogP contribution in [0.3, 0.4) is 0 Å². The van der Waals surface area contributed by atoms with Crippen molar-refractivity contribution < 1.29 is 0 Å². The summed E-state index contributed by atoms with van der Waals surface area (Å²) in [4.78, 5) is 6.21. The number of aromatic nitrogens is 1. The molecule has 0 atom stereocenters. The van der Waals surface area contributed by atoms with Crippen LogP contribution < -0.4 is 10.6 Å². The molecule has 1 aliphatic carbocycles. The predicted molar refractivity (Wildman–Crippen MR) is 87.1 cm³/mol. The minimum atomic E-state index is 0.270. The molecule has 1 aromatic carbocycles. The van der Waals surface area contributed by atoms with Gasteiger partial charge in [0, 0.05) is 41.5 Å². The number of nitrogens with one attached hydrogen (secondary N) is 1. The molecule has 1 saturated heterocycles. The van der Waals surface area contributed by atoms with Crippen LogP contribution in [0.15, 0.2) is 18.2 Å². The van der Waals surface area contributed by atoms with Crippen molar-refractivity contribution in [3.63, 3.8) is 0 Å². The van der Waals surface area contributed by atoms with Crippen molar-refractivity contribution in [1.82, 2.24) is 4.98 Å². The number of anilines is 1. The first-order valence-electron chi connectivity index (χ1n) is 8.42. The van der Waals surface area contributed by atoms with Crippen molar-refractivity contribution in [2.45, 2.75) is 43.4 Å². The maximum absolute atomic E-state index is 6.10. The molecule has 1 aromatic heterocycles. The number of piperidine rings is 1. The number of hydrogen-bond acceptors (Lipinski definition) is 2. The van der Waals surface area contributed by atoms with Crippen molar-refractivity contribution >= 4 is 16.7 Å². The molecule has 1 saturated carbocycles. The van der Waals surface area contributed by atoms with Gasteiger partial charge in [-0.15, -0.1) is 0 Å². The topological polar surface area (TPSA) is 45.1 Å². The molecule has 3 heteroatoms. The Morgan fingerprint density at radius 1 is 1.24 bits per heavy atom. The molecule has 6 rings (SSSR count). The van der Waals surface area contributed by atoms with Gasteiger partial charge in [-0.25, -0.2) is 0 Å². The Kier molecular flexibility index (Phi) is 2.33. The molecule has 2 aromatic rings. The van der Waals surface area contributed by atoms with Gasteiger partial charge >= 0.3 is 0 Å². The van der Waals surface area contributed by atoms with Gasteiger partial charge in [0.05, 0.1) is 0 Å². The summed E-state index contributed by atoms with van der Waals surface area (Å²) in [5, 5.41) is 1.47. The van der Waals surface area contributed by atoms with Crippen LogP contribution >= 0.6 is 0 Å². The van der Waals surface area contributed by atoms with Gasteiger partial charge in [-0.3, -0.25) is 0 Å². The fraction of sp³-hybridized carbons (Fsp3) is 0.556. The van der Waals surface area contributed by atoms with Crippen LogP contribution in [-0.2, 0) is 5.41 Å². The second kappa shape index (κ2) is 4.04. The lowest BCUT2D eigenvalue weighted by molar-refractivity contribution is 0.253. The number of benzene rings is 1. The zero-order chi connectivity index (χ0) is 14.0. The lowest BCUT2D eigenvalue weighted by Gasteiger charge is -2.42. The molecule has 3 aliphatic heterocycles. The number of fused-ring (bicyclic) bond motifs is 3. The standard InChI is InChI=1S/C18H23N3/c19-11-18(6-1-7-18)13-2-3-15-14(10-13)16-12-4-8-21(9-5-12)17(16)20-15/h2-3,10,12,20H,1,4-9,11,19H2. The van der Waals surface area contributed by atoms with E-state index in [4.69, 9.17) is 5.73 Å². The Morgan fingerprint density at radius 3 is 2.71 bits per heavy atom. The number of hydrogen-bond donors (Lipinski definition) is 2. The van der Waals surface area contributed by atoms with Crippen LogP contribution in [0.5, 0.6) is 0 Å². The first kappa shape index (κ1) is 12.1. The molecule has 4 heterocycles. The lowest BCUT2D eigenvalue weighted by Crippen LogP contribution is -2.41. The molecular weight excluding hydrogens is 258 g/mol. The summed E-state index contributed by atoms with van der Waals surface area (Å²) >= 11 is 0. The molecule has 21 heavy (non-hydrogen) atoms. The van der Waals surface area contributed by atoms with E-state index < -0.39 is 0 Å². The quantitative estimate of drug-likeness (QED) is 0.887. The summed E-state index contributed by atoms with van der Waals surface area (Å²) in [5.74, 6) is 2.17. The second-order valence-corrected chi connectivity index (χ2v) is 7.25. The third kappa shape index (κ3) is 1.48. The first-order chi connectivity index (χ1) is 10.3. The van der Waals surface area contributed by atoms with E-state index in [0.29, 0.717) is 0 Å². The molecule has 0 amide bonds. The lowest BCUT2D eigenvalue weighted by atomic mass is 9.64. The monoisotopic (exact) mass is 281 g/mol. The third-order valence-corrected chi connectivity index (χ3v) is 6.35. The van der Waals surface area contributed by atoms with Crippen molar-refractivity contribution in [2.24, 2.45) is 5.73 Å². The average Bonchev–Trinajstić information content (AvgIpc) is 2.89. The minimum Gasteiger partial charge on any atom is -0.358 e. The molecule has 0 spiro atoms. The number of aromatic amines is 1. The van der Waals surface area contributed by atoms with Crippen LogP contribution in [0, 0.1) is 0 Å². The highest BCUT2D eigenvalue weighted by molar-refractivity contribution is 5.91. The van der Waals surface area contributed by atoms with Crippen molar-refractivity contribution in [2.75, 3.05) is 24.5 Å². The van der Waals surface area contributed by atoms with E-state index in [1.807, 2.05) is 0 Å². The maximum Gasteiger partial charge on any atom is 0.110 e. The van der Waals surface area contributed by atoms with Crippen molar-refractivity contribution in [3.8, 4) is 0 Å². The Labute approximate surface area is 125 Å². The number of rotatable bonds is 2. The van der Waals surface area contributed by atoms with E-state index >= 15 is 0 Å². The first-order valence-corrected chi connectivity index (χ1v) is 8.42. The van der Waals surface area contributed by atoms with Crippen LogP contribution in [0.25, 0.3) is 10.9 Å². The van der Waals surface area contributed by atoms with Gasteiger partial charge in [-0.1, -0.05) is 12.5 Å². The van der Waals surface area contributed by atoms with Crippen LogP contribution in [-0.4, -0.2) is 24.6 Å². The van der Waals surface area contributed by atoms with E-state index in [9.17, 15) is 0 Å². The number of H-pyrrole nitrogens is 1. The highest BCUT2D eigenvalue weighted by Gasteiger charge is 2.38. The smallest absolute Gasteiger partial charge is 0.110 e. The highest BCUT2D eigenvalue weighted by Crippen LogP contribution is 2.48. The van der Waals surface area contributed by atoms with Crippen molar-refractivity contribution in [1.29, 1.82) is 0 Å². The van der Waals surface area contributed by atoms with E-state index in [2.05, 4.69) is 28.1 Å². The number of nitrogens with two attached hydrogens (primary N) is 1. The molecule has 0 radical (unpaired) electrons. The van der Waals surface area contributed by atoms with Gasteiger partial charge in [0.25, 0.3) is 0 Å². The summed E-state index contributed by atoms with van der Waals surface area (Å²) in [5.41, 5.74) is 10.8. The molecule has 2 fully saturated rings. The van der Waals surface area contributed by atoms with Gasteiger partial charge in [0.2, 0.25) is 0 Å². The fourth-order valence-corrected chi connectivity index (χ4v) is 4.80. The van der Waals surface area contributed by atoms with Gasteiger partial charge in [-0.2, -0.15) is 0 Å². The molecular formula is C18H23N3. The molecule has 4 aliphatic rings. The molecule has 3 N–H and O–H groups in total. The van der Waals surface area contributed by atoms with Gasteiger partial charge in [-0.05, 0) is 49.3 Å². The largest absolute Gasteiger partial charge is 0.358 e. The van der Waals surface area contributed by atoms with Crippen LogP contribution in [0.2, 0.25) is 0 Å². The summed E-state index contributed by atoms with van der Waals surface area (Å²) in [6.07, 6.45) is 6.50. The van der Waals surface area contributed by atoms with E-state index in [-0.39, 0.29) is 5.41 Å². The Hall–Kier alpha value is -1.48. The van der Waals surface area contributed by atoms with E-state index in [0.717, 1.165) is 12.5 Å². The SMILES string of the molecule is NCC1(c2ccc3[nH]c4c(c3c2)C2CCN4CC2)CCC1. The molecule has 110 valence electrons. The average molecular weight is 281 g/mol. The summed E-state index contributed by atoms with van der Waals surface area (Å²) in [6, 6.07) is 7.06. The van der Waals surface area contributed by atoms with Crippen molar-refractivity contribution in [3.05, 3.63) is 29.3 Å². The predicted octanol–water partition coefficient (Wildman–Crippen LogP) is 3.25. The number of nitrogens with zero attached hydrogens (tertiary/aromatic N) is 1. The van der Waals surface area contributed by atoms with Crippen LogP contribution in [0.4, 0.5) is 5.82 Å². The maximum atomic E-state index is 6.10. The van der Waals surface area contributed by atoms with Gasteiger partial charge < -0.3 is 15.6 Å². The summed E-state index contributed by atoms with van der Waals surface area (Å²) < 4.78 is 0. The highest BCUT2D eigenvalue weighted by atomic mass is 15.2. The summed E-state index contributed by atoms with van der Waals surface area (Å²) in [7, 11) is 0. The second-order valence-electron chi connectivity index (χ2n) is 7.25. The zero-order valence-electron chi connectivity index (χ0n) is 12.5. The van der Waals surface area contributed by atoms with Gasteiger partial charge in [0.15, 0.2) is 0 Å². The zero-order valence-corrected chi connectivity index (χ0v) is 12.5. The van der Waals surface area contributed by atoms with E-state index in [1.54, 1.807) is 5.56 Å². The fourth-order valence-electron chi connectivity index (χ4n) is 4.80. The normalized spacial score (nSPS) is 23.4. The molecule has 3 nitrogen and oxygen atoms in total. The molecule has 2 bridgehead atoms. The Morgan fingerprint density at radius 2 is 2.05 bits per heavy atom. The third-order valence-electron chi connectivity index (χ3n) is 6.35. The Balaban J connectivity index is 1.71. The minimum absolute atomic E-state index is 0.270. The van der Waals surface area contributed by atoms with Gasteiger partial charge in [0.1, 0.15) is 5.82 Å². The molecule has 0 unspecified atom stereocenters.